The summed E-state index contributed by atoms with van der Waals surface area (Å²) in [5.41, 5.74) is -0.692. The summed E-state index contributed by atoms with van der Waals surface area (Å²) < 4.78 is 10.6. The van der Waals surface area contributed by atoms with E-state index in [0.29, 0.717) is 18.5 Å². The van der Waals surface area contributed by atoms with Gasteiger partial charge in [0, 0.05) is 24.9 Å². The van der Waals surface area contributed by atoms with E-state index < -0.39 is 34.4 Å². The first-order valence-electron chi connectivity index (χ1n) is 11.6. The van der Waals surface area contributed by atoms with E-state index in [1.54, 1.807) is 24.3 Å². The maximum atomic E-state index is 13.3. The number of rotatable bonds is 7. The second-order valence-corrected chi connectivity index (χ2v) is 10.8. The van der Waals surface area contributed by atoms with Crippen molar-refractivity contribution in [2.75, 3.05) is 12.4 Å². The molecule has 1 aromatic rings. The summed E-state index contributed by atoms with van der Waals surface area (Å²) in [5.74, 6) is -1.80. The molecule has 3 atom stereocenters. The number of amides is 2. The first-order valence-corrected chi connectivity index (χ1v) is 11.6. The third-order valence-corrected chi connectivity index (χ3v) is 6.91. The van der Waals surface area contributed by atoms with Crippen LogP contribution in [-0.2, 0) is 35.1 Å². The van der Waals surface area contributed by atoms with Crippen molar-refractivity contribution in [3.8, 4) is 0 Å². The number of nitrogens with one attached hydrogen (secondary N) is 2. The van der Waals surface area contributed by atoms with Crippen molar-refractivity contribution >= 4 is 29.4 Å². The highest BCUT2D eigenvalue weighted by atomic mass is 16.6. The molecular weight excluding hydrogens is 436 g/mol. The van der Waals surface area contributed by atoms with E-state index in [1.165, 1.54) is 14.0 Å². The van der Waals surface area contributed by atoms with Gasteiger partial charge in [-0.05, 0) is 63.6 Å². The topological polar surface area (TPSA) is 111 Å². The van der Waals surface area contributed by atoms with Crippen LogP contribution in [0.2, 0.25) is 0 Å². The van der Waals surface area contributed by atoms with Gasteiger partial charge in [0.15, 0.2) is 0 Å². The molecule has 0 heterocycles. The smallest absolute Gasteiger partial charge is 0.328 e. The second kappa shape index (κ2) is 10.2. The standard InChI is InChI=1S/C26H38N2O6/c1-16(29)27-18-11-9-17(10-12-18)15-20(22(31)33-8)28-21(30)19-13-14-26(7,25(19,5)6)23(32)34-24(2,3)4/h9-12,19-20H,13-15H2,1-8H3,(H,27,29)(H,28,30)/t19-,20-,26+/m1/s1. The van der Waals surface area contributed by atoms with Crippen molar-refractivity contribution in [1.82, 2.24) is 5.32 Å². The molecule has 34 heavy (non-hydrogen) atoms. The fourth-order valence-electron chi connectivity index (χ4n) is 4.49. The number of carbonyl (C=O) groups excluding carboxylic acids is 4. The number of methoxy groups -OCH3 is 1. The van der Waals surface area contributed by atoms with Crippen LogP contribution in [0.15, 0.2) is 24.3 Å². The van der Waals surface area contributed by atoms with Crippen LogP contribution in [0.1, 0.15) is 66.9 Å². The molecule has 0 bridgehead atoms. The molecule has 0 radical (unpaired) electrons. The molecule has 1 aromatic carbocycles. The van der Waals surface area contributed by atoms with Gasteiger partial charge in [-0.1, -0.05) is 26.0 Å². The van der Waals surface area contributed by atoms with Crippen molar-refractivity contribution in [2.45, 2.75) is 79.4 Å². The van der Waals surface area contributed by atoms with Gasteiger partial charge >= 0.3 is 11.9 Å². The minimum absolute atomic E-state index is 0.176. The molecule has 1 saturated carbocycles. The van der Waals surface area contributed by atoms with Gasteiger partial charge in [-0.3, -0.25) is 14.4 Å². The van der Waals surface area contributed by atoms with Crippen molar-refractivity contribution < 1.29 is 28.7 Å². The zero-order valence-electron chi connectivity index (χ0n) is 21.5. The summed E-state index contributed by atoms with van der Waals surface area (Å²) in [6.07, 6.45) is 1.25. The minimum atomic E-state index is -0.881. The van der Waals surface area contributed by atoms with Gasteiger partial charge in [0.05, 0.1) is 12.5 Å². The van der Waals surface area contributed by atoms with Crippen molar-refractivity contribution in [3.63, 3.8) is 0 Å². The summed E-state index contributed by atoms with van der Waals surface area (Å²) in [6, 6.07) is 6.16. The molecule has 2 amide bonds. The van der Waals surface area contributed by atoms with Crippen LogP contribution in [0.4, 0.5) is 5.69 Å². The van der Waals surface area contributed by atoms with Gasteiger partial charge in [-0.25, -0.2) is 4.79 Å². The van der Waals surface area contributed by atoms with E-state index in [-0.39, 0.29) is 24.2 Å². The van der Waals surface area contributed by atoms with E-state index in [9.17, 15) is 19.2 Å². The van der Waals surface area contributed by atoms with Crippen LogP contribution >= 0.6 is 0 Å². The van der Waals surface area contributed by atoms with Gasteiger partial charge < -0.3 is 20.1 Å². The predicted molar refractivity (Wildman–Crippen MR) is 129 cm³/mol. The van der Waals surface area contributed by atoms with Crippen LogP contribution in [0.3, 0.4) is 0 Å². The van der Waals surface area contributed by atoms with Gasteiger partial charge in [0.2, 0.25) is 11.8 Å². The summed E-state index contributed by atoms with van der Waals surface area (Å²) in [4.78, 5) is 50.0. The molecule has 1 aliphatic carbocycles. The maximum absolute atomic E-state index is 13.3. The van der Waals surface area contributed by atoms with E-state index in [1.807, 2.05) is 41.5 Å². The Balaban J connectivity index is 2.17. The lowest BCUT2D eigenvalue weighted by Gasteiger charge is -2.40. The number of benzene rings is 1. The number of carbonyl (C=O) groups is 4. The molecule has 2 rings (SSSR count). The fourth-order valence-corrected chi connectivity index (χ4v) is 4.49. The van der Waals surface area contributed by atoms with Gasteiger partial charge in [-0.15, -0.1) is 0 Å². The highest BCUT2D eigenvalue weighted by molar-refractivity contribution is 5.89. The Morgan fingerprint density at radius 1 is 1.09 bits per heavy atom. The summed E-state index contributed by atoms with van der Waals surface area (Å²) in [5, 5.41) is 5.54. The molecule has 2 N–H and O–H groups in total. The molecule has 8 heteroatoms. The summed E-state index contributed by atoms with van der Waals surface area (Å²) in [7, 11) is 1.28. The monoisotopic (exact) mass is 474 g/mol. The molecule has 1 fully saturated rings. The normalized spacial score (nSPS) is 22.4. The zero-order valence-corrected chi connectivity index (χ0v) is 21.5. The van der Waals surface area contributed by atoms with Crippen LogP contribution in [-0.4, -0.2) is 42.5 Å². The molecule has 0 aromatic heterocycles. The average molecular weight is 475 g/mol. The molecule has 0 aliphatic heterocycles. The van der Waals surface area contributed by atoms with Crippen LogP contribution < -0.4 is 10.6 Å². The Kier molecular flexibility index (Phi) is 8.17. The predicted octanol–water partition coefficient (Wildman–Crippen LogP) is 3.63. The van der Waals surface area contributed by atoms with Gasteiger partial charge in [-0.2, -0.15) is 0 Å². The number of esters is 2. The number of ether oxygens (including phenoxy) is 2. The quantitative estimate of drug-likeness (QED) is 0.584. The Bertz CT molecular complexity index is 932. The first-order chi connectivity index (χ1) is 15.6. The Morgan fingerprint density at radius 3 is 2.18 bits per heavy atom. The van der Waals surface area contributed by atoms with Gasteiger partial charge in [0.1, 0.15) is 11.6 Å². The second-order valence-electron chi connectivity index (χ2n) is 10.8. The minimum Gasteiger partial charge on any atom is -0.467 e. The molecule has 0 spiro atoms. The Labute approximate surface area is 202 Å². The van der Waals surface area contributed by atoms with Crippen molar-refractivity contribution in [2.24, 2.45) is 16.7 Å². The van der Waals surface area contributed by atoms with E-state index in [0.717, 1.165) is 5.56 Å². The molecule has 188 valence electrons. The molecule has 8 nitrogen and oxygen atoms in total. The van der Waals surface area contributed by atoms with Crippen LogP contribution in [0.5, 0.6) is 0 Å². The third kappa shape index (κ3) is 6.15. The first kappa shape index (κ1) is 27.3. The lowest BCUT2D eigenvalue weighted by molar-refractivity contribution is -0.173. The molecule has 0 saturated heterocycles. The summed E-state index contributed by atoms with van der Waals surface area (Å²) in [6.45, 7) is 12.6. The van der Waals surface area contributed by atoms with Crippen molar-refractivity contribution in [1.29, 1.82) is 0 Å². The zero-order chi connectivity index (χ0) is 25.9. The Morgan fingerprint density at radius 2 is 1.68 bits per heavy atom. The maximum Gasteiger partial charge on any atom is 0.328 e. The highest BCUT2D eigenvalue weighted by Gasteiger charge is 2.59. The SMILES string of the molecule is COC(=O)[C@@H](Cc1ccc(NC(C)=O)cc1)NC(=O)[C@H]1CC[C@@](C)(C(=O)OC(C)(C)C)C1(C)C. The molecule has 0 unspecified atom stereocenters. The van der Waals surface area contributed by atoms with E-state index >= 15 is 0 Å². The Hall–Kier alpha value is -2.90. The lowest BCUT2D eigenvalue weighted by Crippen LogP contribution is -2.51. The summed E-state index contributed by atoms with van der Waals surface area (Å²) >= 11 is 0. The third-order valence-electron chi connectivity index (χ3n) is 6.91. The average Bonchev–Trinajstić information content (AvgIpc) is 2.96. The molecular formula is C26H38N2O6. The highest BCUT2D eigenvalue weighted by Crippen LogP contribution is 2.57. The van der Waals surface area contributed by atoms with Gasteiger partial charge in [0.25, 0.3) is 0 Å². The molecule has 1 aliphatic rings. The van der Waals surface area contributed by atoms with Crippen LogP contribution in [0, 0.1) is 16.7 Å². The van der Waals surface area contributed by atoms with E-state index in [2.05, 4.69) is 10.6 Å². The number of hydrogen-bond acceptors (Lipinski definition) is 6. The van der Waals surface area contributed by atoms with Crippen molar-refractivity contribution in [3.05, 3.63) is 29.8 Å². The van der Waals surface area contributed by atoms with Crippen LogP contribution in [0.25, 0.3) is 0 Å². The fraction of sp³-hybridized carbons (Fsp3) is 0.615. The number of hydrogen-bond donors (Lipinski definition) is 2. The lowest BCUT2D eigenvalue weighted by atomic mass is 9.65. The largest absolute Gasteiger partial charge is 0.467 e. The number of anilines is 1. The van der Waals surface area contributed by atoms with E-state index in [4.69, 9.17) is 9.47 Å².